The number of hydrogen-bond donors (Lipinski definition) is 1. The van der Waals surface area contributed by atoms with Crippen LogP contribution in [-0.4, -0.2) is 38.9 Å². The normalized spacial score (nSPS) is 13.9. The number of imide groups is 1. The molecule has 2 unspecified atom stereocenters. The molecular formula is C52H50FN3O4S3. The number of halogens is 1. The number of hydrogen-bond acceptors (Lipinski definition) is 7. The average molecular weight is 896 g/mol. The number of unbranched alkanes of at least 4 members (excludes halogenated alkanes) is 2. The predicted molar refractivity (Wildman–Crippen MR) is 258 cm³/mol. The zero-order chi connectivity index (χ0) is 44.4. The molecular weight excluding hydrogens is 846 g/mol. The lowest BCUT2D eigenvalue weighted by molar-refractivity contribution is -0.132. The van der Waals surface area contributed by atoms with E-state index in [1.165, 1.54) is 80.8 Å². The summed E-state index contributed by atoms with van der Waals surface area (Å²) in [6.45, 7) is 10.2. The van der Waals surface area contributed by atoms with E-state index in [0.717, 1.165) is 74.7 Å². The van der Waals surface area contributed by atoms with Crippen molar-refractivity contribution >= 4 is 79.7 Å². The number of carbonyl (C=O) groups excluding carboxylic acids is 2. The first-order chi connectivity index (χ1) is 30.6. The number of carboxylic acid groups (broad SMARTS) is 1. The number of para-hydroxylation sites is 1. The maximum Gasteiger partial charge on any atom is 0.346 e. The van der Waals surface area contributed by atoms with E-state index in [0.29, 0.717) is 34.0 Å². The van der Waals surface area contributed by atoms with Crippen LogP contribution in [0.1, 0.15) is 105 Å². The Morgan fingerprint density at radius 2 is 1.27 bits per heavy atom. The van der Waals surface area contributed by atoms with E-state index in [2.05, 4.69) is 86.9 Å². The lowest BCUT2D eigenvalue weighted by atomic mass is 9.99. The summed E-state index contributed by atoms with van der Waals surface area (Å²) in [5.74, 6) is -1.80. The molecule has 0 saturated carbocycles. The highest BCUT2D eigenvalue weighted by molar-refractivity contribution is 7.28. The summed E-state index contributed by atoms with van der Waals surface area (Å²) in [5.41, 5.74) is 4.47. The highest BCUT2D eigenvalue weighted by Gasteiger charge is 2.43. The monoisotopic (exact) mass is 895 g/mol. The van der Waals surface area contributed by atoms with Crippen LogP contribution >= 0.6 is 34.0 Å². The smallest absolute Gasteiger partial charge is 0.346 e. The molecule has 4 aromatic heterocycles. The summed E-state index contributed by atoms with van der Waals surface area (Å²) in [6, 6.07) is 29.4. The molecule has 2 amide bonds. The Balaban J connectivity index is 1.18. The Bertz CT molecular complexity index is 2940. The Kier molecular flexibility index (Phi) is 13.2. The van der Waals surface area contributed by atoms with Crippen molar-refractivity contribution in [3.8, 4) is 46.5 Å². The number of amides is 2. The Labute approximate surface area is 379 Å². The molecule has 0 spiro atoms. The molecule has 0 fully saturated rings. The third kappa shape index (κ3) is 8.57. The predicted octanol–water partition coefficient (Wildman–Crippen LogP) is 14.8. The lowest BCUT2D eigenvalue weighted by Gasteiger charge is -2.21. The van der Waals surface area contributed by atoms with Crippen molar-refractivity contribution < 1.29 is 23.9 Å². The number of benzene rings is 3. The van der Waals surface area contributed by atoms with Crippen LogP contribution in [0.25, 0.3) is 68.3 Å². The van der Waals surface area contributed by atoms with Crippen LogP contribution in [0, 0.1) is 29.0 Å². The summed E-state index contributed by atoms with van der Waals surface area (Å²) in [6.07, 6.45) is 9.70. The second-order valence-corrected chi connectivity index (χ2v) is 19.7. The largest absolute Gasteiger partial charge is 0.477 e. The minimum absolute atomic E-state index is 0.00590. The van der Waals surface area contributed by atoms with Gasteiger partial charge in [0, 0.05) is 60.0 Å². The van der Waals surface area contributed by atoms with Crippen molar-refractivity contribution in [3.63, 3.8) is 0 Å². The molecule has 0 bridgehead atoms. The molecule has 1 N–H and O–H groups in total. The molecule has 0 saturated heterocycles. The molecule has 1 aliphatic heterocycles. The van der Waals surface area contributed by atoms with Gasteiger partial charge >= 0.3 is 5.97 Å². The van der Waals surface area contributed by atoms with Gasteiger partial charge in [0.25, 0.3) is 11.8 Å². The van der Waals surface area contributed by atoms with Crippen LogP contribution in [0.3, 0.4) is 0 Å². The van der Waals surface area contributed by atoms with Gasteiger partial charge < -0.3 is 9.67 Å². The first-order valence-corrected chi connectivity index (χ1v) is 24.4. The van der Waals surface area contributed by atoms with Gasteiger partial charge in [-0.15, -0.1) is 34.0 Å². The number of rotatable bonds is 18. The fourth-order valence-electron chi connectivity index (χ4n) is 8.79. The van der Waals surface area contributed by atoms with Gasteiger partial charge in [0.2, 0.25) is 0 Å². The zero-order valence-corrected chi connectivity index (χ0v) is 38.5. The molecule has 63 heavy (non-hydrogen) atoms. The van der Waals surface area contributed by atoms with Crippen molar-refractivity contribution in [2.24, 2.45) is 11.8 Å². The molecule has 1 aliphatic rings. The lowest BCUT2D eigenvalue weighted by Crippen LogP contribution is -2.34. The number of thiophene rings is 3. The van der Waals surface area contributed by atoms with Gasteiger partial charge in [-0.25, -0.2) is 9.18 Å². The van der Waals surface area contributed by atoms with Gasteiger partial charge in [0.1, 0.15) is 17.5 Å². The van der Waals surface area contributed by atoms with E-state index in [1.807, 2.05) is 12.1 Å². The molecule has 8 rings (SSSR count). The minimum Gasteiger partial charge on any atom is -0.477 e. The van der Waals surface area contributed by atoms with E-state index in [1.54, 1.807) is 23.5 Å². The van der Waals surface area contributed by atoms with Crippen LogP contribution in [0.15, 0.2) is 90.5 Å². The third-order valence-corrected chi connectivity index (χ3v) is 16.3. The van der Waals surface area contributed by atoms with Crippen LogP contribution < -0.4 is 0 Å². The highest BCUT2D eigenvalue weighted by Crippen LogP contribution is 2.51. The van der Waals surface area contributed by atoms with E-state index in [4.69, 9.17) is 0 Å². The SMILES string of the molecule is CCCCC(CC)CN1C(=O)c2c(-c3ccc(-c4ccc(/C=C(\C#N)C(=O)O)c(F)c4)s3)sc(-c3ccc(-c4ccc5c(c4)c4ccccc4n5CC(CC)CCCC)s3)c2C1=O. The highest BCUT2D eigenvalue weighted by atomic mass is 32.1. The number of carboxylic acids is 1. The molecule has 3 aromatic carbocycles. The summed E-state index contributed by atoms with van der Waals surface area (Å²) in [5, 5.41) is 20.9. The van der Waals surface area contributed by atoms with E-state index >= 15 is 4.39 Å². The maximum absolute atomic E-state index is 15.3. The number of fused-ring (bicyclic) bond motifs is 4. The van der Waals surface area contributed by atoms with Gasteiger partial charge in [-0.05, 0) is 90.4 Å². The maximum atomic E-state index is 15.3. The minimum atomic E-state index is -1.43. The van der Waals surface area contributed by atoms with Crippen molar-refractivity contribution in [1.29, 1.82) is 5.26 Å². The number of carbonyl (C=O) groups is 3. The quantitative estimate of drug-likeness (QED) is 0.0525. The zero-order valence-electron chi connectivity index (χ0n) is 36.0. The third-order valence-electron chi connectivity index (χ3n) is 12.4. The van der Waals surface area contributed by atoms with Crippen molar-refractivity contribution in [1.82, 2.24) is 9.47 Å². The number of nitriles is 1. The van der Waals surface area contributed by atoms with Gasteiger partial charge in [-0.1, -0.05) is 103 Å². The van der Waals surface area contributed by atoms with Gasteiger partial charge in [-0.2, -0.15) is 5.26 Å². The molecule has 11 heteroatoms. The Hall–Kier alpha value is -5.67. The fraction of sp³-hybridized carbons (Fsp3) is 0.308. The van der Waals surface area contributed by atoms with Crippen LogP contribution in [0.5, 0.6) is 0 Å². The molecule has 0 aliphatic carbocycles. The first kappa shape index (κ1) is 44.0. The van der Waals surface area contributed by atoms with Crippen LogP contribution in [-0.2, 0) is 11.3 Å². The standard InChI is InChI=1S/C52H50FN3O4S3/c1-5-9-13-31(7-3)29-55-40-16-12-11-15-37(40)38-26-34(19-20-41(38)55)42-21-23-44(61-42)48-46-47(51(58)56(50(46)57)30-32(8-4)14-10-6-2)49(63-48)45-24-22-43(62-45)35-18-17-33(39(53)27-35)25-36(28-54)52(59)60/h11-12,15-27,31-32H,5-10,13-14,29-30H2,1-4H3,(H,59,60)/b36-25+. The summed E-state index contributed by atoms with van der Waals surface area (Å²) < 4.78 is 17.8. The van der Waals surface area contributed by atoms with Gasteiger partial charge in [0.05, 0.1) is 20.9 Å². The van der Waals surface area contributed by atoms with Gasteiger partial charge in [-0.3, -0.25) is 14.5 Å². The number of aliphatic carboxylic acids is 1. The van der Waals surface area contributed by atoms with E-state index < -0.39 is 17.4 Å². The Morgan fingerprint density at radius 3 is 1.84 bits per heavy atom. The summed E-state index contributed by atoms with van der Waals surface area (Å²) in [4.78, 5) is 46.9. The van der Waals surface area contributed by atoms with E-state index in [9.17, 15) is 24.8 Å². The molecule has 7 aromatic rings. The molecule has 2 atom stereocenters. The topological polar surface area (TPSA) is 103 Å². The molecule has 7 nitrogen and oxygen atoms in total. The second kappa shape index (κ2) is 19.0. The second-order valence-electron chi connectivity index (χ2n) is 16.5. The van der Waals surface area contributed by atoms with Crippen LogP contribution in [0.4, 0.5) is 4.39 Å². The first-order valence-electron chi connectivity index (χ1n) is 22.0. The molecule has 322 valence electrons. The Morgan fingerprint density at radius 1 is 0.714 bits per heavy atom. The number of nitrogens with zero attached hydrogens (tertiary/aromatic N) is 3. The van der Waals surface area contributed by atoms with Gasteiger partial charge in [0.15, 0.2) is 0 Å². The molecule has 0 radical (unpaired) electrons. The summed E-state index contributed by atoms with van der Waals surface area (Å²) >= 11 is 4.48. The van der Waals surface area contributed by atoms with E-state index in [-0.39, 0.29) is 23.3 Å². The van der Waals surface area contributed by atoms with Crippen molar-refractivity contribution in [3.05, 3.63) is 113 Å². The fourth-order valence-corrected chi connectivity index (χ4v) is 12.3. The van der Waals surface area contributed by atoms with Crippen LogP contribution in [0.2, 0.25) is 0 Å². The summed E-state index contributed by atoms with van der Waals surface area (Å²) in [7, 11) is 0. The molecule has 5 heterocycles. The average Bonchev–Trinajstić information content (AvgIpc) is 4.14. The number of aromatic nitrogens is 1. The van der Waals surface area contributed by atoms with Crippen molar-refractivity contribution in [2.75, 3.05) is 6.54 Å². The van der Waals surface area contributed by atoms with Crippen molar-refractivity contribution in [2.45, 2.75) is 85.6 Å².